The number of rotatable bonds is 3. The number of anilines is 1. The van der Waals surface area contributed by atoms with Crippen LogP contribution in [0.2, 0.25) is 0 Å². The molecule has 0 radical (unpaired) electrons. The van der Waals surface area contributed by atoms with Gasteiger partial charge in [0.15, 0.2) is 11.5 Å². The number of hydrogen-bond donors (Lipinski definition) is 1. The molecule has 25 heavy (non-hydrogen) atoms. The van der Waals surface area contributed by atoms with E-state index in [0.717, 1.165) is 23.0 Å². The van der Waals surface area contributed by atoms with Crippen LogP contribution in [0.4, 0.5) is 19.0 Å². The quantitative estimate of drug-likeness (QED) is 0.919. The standard InChI is InChI=1S/C16H21F3N6/c1-8-6-11(7-24(8)12-4-5-12)20-13-9(2)10(3)14-21-22-15(16(17,18)19)25(14)23-13/h8,11-12H,4-7H2,1-3H3,(H,20,23). The van der Waals surface area contributed by atoms with Gasteiger partial charge in [-0.15, -0.1) is 15.3 Å². The van der Waals surface area contributed by atoms with Crippen molar-refractivity contribution in [3.8, 4) is 0 Å². The third kappa shape index (κ3) is 2.84. The fourth-order valence-corrected chi connectivity index (χ4v) is 3.71. The smallest absolute Gasteiger partial charge is 0.364 e. The zero-order valence-corrected chi connectivity index (χ0v) is 14.4. The number of nitrogens with one attached hydrogen (secondary N) is 1. The van der Waals surface area contributed by atoms with Crippen LogP contribution in [0.25, 0.3) is 5.65 Å². The Morgan fingerprint density at radius 3 is 2.48 bits per heavy atom. The molecular weight excluding hydrogens is 333 g/mol. The molecule has 1 N–H and O–H groups in total. The van der Waals surface area contributed by atoms with Gasteiger partial charge in [0.1, 0.15) is 0 Å². The molecule has 0 bridgehead atoms. The van der Waals surface area contributed by atoms with Gasteiger partial charge in [-0.2, -0.15) is 17.7 Å². The summed E-state index contributed by atoms with van der Waals surface area (Å²) in [6.45, 7) is 6.71. The first-order chi connectivity index (χ1) is 11.8. The van der Waals surface area contributed by atoms with E-state index >= 15 is 0 Å². The van der Waals surface area contributed by atoms with E-state index in [4.69, 9.17) is 0 Å². The number of halogens is 3. The molecule has 1 aliphatic carbocycles. The fourth-order valence-electron chi connectivity index (χ4n) is 3.71. The van der Waals surface area contributed by atoms with Gasteiger partial charge in [0, 0.05) is 30.2 Å². The van der Waals surface area contributed by atoms with E-state index in [9.17, 15) is 13.2 Å². The summed E-state index contributed by atoms with van der Waals surface area (Å²) < 4.78 is 40.2. The van der Waals surface area contributed by atoms with E-state index in [-0.39, 0.29) is 11.7 Å². The molecule has 1 aliphatic heterocycles. The lowest BCUT2D eigenvalue weighted by molar-refractivity contribution is -0.146. The summed E-state index contributed by atoms with van der Waals surface area (Å²) in [5.41, 5.74) is 1.62. The average molecular weight is 354 g/mol. The number of fused-ring (bicyclic) bond motifs is 1. The molecule has 2 fully saturated rings. The Bertz CT molecular complexity index is 810. The maximum Gasteiger partial charge on any atom is 0.453 e. The maximum absolute atomic E-state index is 13.1. The van der Waals surface area contributed by atoms with Crippen molar-refractivity contribution >= 4 is 11.5 Å². The predicted octanol–water partition coefficient (Wildman–Crippen LogP) is 2.80. The molecule has 1 saturated carbocycles. The number of alkyl halides is 3. The molecule has 136 valence electrons. The van der Waals surface area contributed by atoms with Gasteiger partial charge in [-0.05, 0) is 45.6 Å². The van der Waals surface area contributed by atoms with Crippen molar-refractivity contribution in [3.05, 3.63) is 17.0 Å². The molecule has 4 rings (SSSR count). The Morgan fingerprint density at radius 1 is 1.12 bits per heavy atom. The zero-order chi connectivity index (χ0) is 17.9. The first-order valence-electron chi connectivity index (χ1n) is 8.57. The molecule has 2 atom stereocenters. The Labute approximate surface area is 143 Å². The lowest BCUT2D eigenvalue weighted by Gasteiger charge is -2.20. The van der Waals surface area contributed by atoms with Crippen molar-refractivity contribution in [2.75, 3.05) is 11.9 Å². The van der Waals surface area contributed by atoms with Crippen LogP contribution in [0.5, 0.6) is 0 Å². The van der Waals surface area contributed by atoms with Gasteiger partial charge in [0.2, 0.25) is 0 Å². The largest absolute Gasteiger partial charge is 0.453 e. The number of aromatic nitrogens is 4. The lowest BCUT2D eigenvalue weighted by Crippen LogP contribution is -2.31. The Morgan fingerprint density at radius 2 is 1.84 bits per heavy atom. The molecule has 9 heteroatoms. The van der Waals surface area contributed by atoms with Gasteiger partial charge in [-0.1, -0.05) is 0 Å². The summed E-state index contributed by atoms with van der Waals surface area (Å²) in [6, 6.07) is 1.34. The summed E-state index contributed by atoms with van der Waals surface area (Å²) in [4.78, 5) is 2.48. The number of hydrogen-bond acceptors (Lipinski definition) is 5. The number of likely N-dealkylation sites (tertiary alicyclic amines) is 1. The van der Waals surface area contributed by atoms with E-state index in [1.54, 1.807) is 6.92 Å². The average Bonchev–Trinajstić information content (AvgIpc) is 3.16. The summed E-state index contributed by atoms with van der Waals surface area (Å²) in [5, 5.41) is 14.5. The SMILES string of the molecule is Cc1c(NC2CC(C)N(C3CC3)C2)nn2c(C(F)(F)F)nnc2c1C. The van der Waals surface area contributed by atoms with Gasteiger partial charge in [0.05, 0.1) is 0 Å². The van der Waals surface area contributed by atoms with Gasteiger partial charge >= 0.3 is 6.18 Å². The highest BCUT2D eigenvalue weighted by atomic mass is 19.4. The molecule has 2 aromatic rings. The van der Waals surface area contributed by atoms with Crippen LogP contribution < -0.4 is 5.32 Å². The minimum atomic E-state index is -4.59. The van der Waals surface area contributed by atoms with Crippen molar-refractivity contribution in [2.45, 2.75) is 64.3 Å². The Hall–Kier alpha value is -1.90. The third-order valence-corrected chi connectivity index (χ3v) is 5.33. The Balaban J connectivity index is 1.66. The molecule has 1 saturated heterocycles. The highest BCUT2D eigenvalue weighted by Gasteiger charge is 2.40. The molecular formula is C16H21F3N6. The van der Waals surface area contributed by atoms with Crippen molar-refractivity contribution in [1.82, 2.24) is 24.7 Å². The lowest BCUT2D eigenvalue weighted by atomic mass is 10.1. The summed E-state index contributed by atoms with van der Waals surface area (Å²) in [7, 11) is 0. The van der Waals surface area contributed by atoms with E-state index in [1.165, 1.54) is 12.8 Å². The van der Waals surface area contributed by atoms with Crippen LogP contribution in [0.15, 0.2) is 0 Å². The van der Waals surface area contributed by atoms with Crippen LogP contribution in [0.3, 0.4) is 0 Å². The second kappa shape index (κ2) is 5.55. The maximum atomic E-state index is 13.1. The highest BCUT2D eigenvalue weighted by Crippen LogP contribution is 2.35. The van der Waals surface area contributed by atoms with Gasteiger partial charge in [0.25, 0.3) is 5.82 Å². The topological polar surface area (TPSA) is 58.4 Å². The second-order valence-corrected chi connectivity index (χ2v) is 7.21. The van der Waals surface area contributed by atoms with Crippen LogP contribution in [0.1, 0.15) is 43.1 Å². The van der Waals surface area contributed by atoms with Crippen LogP contribution in [0, 0.1) is 13.8 Å². The molecule has 0 spiro atoms. The van der Waals surface area contributed by atoms with Crippen LogP contribution in [-0.2, 0) is 6.18 Å². The predicted molar refractivity (Wildman–Crippen MR) is 86.5 cm³/mol. The molecule has 2 aromatic heterocycles. The summed E-state index contributed by atoms with van der Waals surface area (Å²) in [6.07, 6.45) is -1.14. The molecule has 2 unspecified atom stereocenters. The van der Waals surface area contributed by atoms with Crippen LogP contribution >= 0.6 is 0 Å². The van der Waals surface area contributed by atoms with Crippen molar-refractivity contribution < 1.29 is 13.2 Å². The fraction of sp³-hybridized carbons (Fsp3) is 0.688. The molecule has 6 nitrogen and oxygen atoms in total. The Kier molecular flexibility index (Phi) is 3.68. The van der Waals surface area contributed by atoms with E-state index < -0.39 is 12.0 Å². The molecule has 0 aromatic carbocycles. The van der Waals surface area contributed by atoms with Crippen molar-refractivity contribution in [3.63, 3.8) is 0 Å². The van der Waals surface area contributed by atoms with E-state index in [2.05, 4.69) is 32.4 Å². The normalized spacial score (nSPS) is 25.0. The zero-order valence-electron chi connectivity index (χ0n) is 14.4. The summed E-state index contributed by atoms with van der Waals surface area (Å²) in [5.74, 6) is -0.613. The first kappa shape index (κ1) is 16.6. The van der Waals surface area contributed by atoms with Crippen molar-refractivity contribution in [1.29, 1.82) is 0 Å². The third-order valence-electron chi connectivity index (χ3n) is 5.33. The van der Waals surface area contributed by atoms with Gasteiger partial charge in [-0.3, -0.25) is 4.90 Å². The van der Waals surface area contributed by atoms with Crippen LogP contribution in [-0.4, -0.2) is 49.4 Å². The second-order valence-electron chi connectivity index (χ2n) is 7.21. The molecule has 2 aliphatic rings. The monoisotopic (exact) mass is 354 g/mol. The number of nitrogens with zero attached hydrogens (tertiary/aromatic N) is 5. The summed E-state index contributed by atoms with van der Waals surface area (Å²) >= 11 is 0. The van der Waals surface area contributed by atoms with E-state index in [0.29, 0.717) is 23.5 Å². The minimum Gasteiger partial charge on any atom is -0.364 e. The van der Waals surface area contributed by atoms with Crippen molar-refractivity contribution in [2.24, 2.45) is 0 Å². The molecule has 3 heterocycles. The minimum absolute atomic E-state index is 0.148. The van der Waals surface area contributed by atoms with Gasteiger partial charge < -0.3 is 5.32 Å². The molecule has 0 amide bonds. The highest BCUT2D eigenvalue weighted by molar-refractivity contribution is 5.58. The number of aryl methyl sites for hydroxylation is 1. The van der Waals surface area contributed by atoms with E-state index in [1.807, 2.05) is 6.92 Å². The first-order valence-corrected chi connectivity index (χ1v) is 8.57. The van der Waals surface area contributed by atoms with Gasteiger partial charge in [-0.25, -0.2) is 0 Å².